The summed E-state index contributed by atoms with van der Waals surface area (Å²) < 4.78 is 27.1. The predicted octanol–water partition coefficient (Wildman–Crippen LogP) is 2.72. The Labute approximate surface area is 114 Å². The lowest BCUT2D eigenvalue weighted by Gasteiger charge is -2.32. The minimum absolute atomic E-state index is 0.199. The van der Waals surface area contributed by atoms with E-state index in [1.165, 1.54) is 4.90 Å². The van der Waals surface area contributed by atoms with Crippen LogP contribution in [0.1, 0.15) is 40.0 Å². The molecular weight excluding hydrogens is 264 g/mol. The van der Waals surface area contributed by atoms with Crippen LogP contribution in [0.4, 0.5) is 8.78 Å². The van der Waals surface area contributed by atoms with Gasteiger partial charge in [0.25, 0.3) is 17.7 Å². The summed E-state index contributed by atoms with van der Waals surface area (Å²) >= 11 is 0. The molecule has 2 bridgehead atoms. The molecule has 2 fully saturated rings. The molecule has 2 saturated carbocycles. The van der Waals surface area contributed by atoms with Crippen LogP contribution in [0.5, 0.6) is 0 Å². The number of alkyl halides is 2. The predicted molar refractivity (Wildman–Crippen MR) is 66.5 cm³/mol. The maximum Gasteiger partial charge on any atom is 0.261 e. The molecule has 1 heterocycles. The summed E-state index contributed by atoms with van der Waals surface area (Å²) in [6.07, 6.45) is 0.462. The molecule has 104 valence electrons. The number of carbonyl (C=O) groups is 2. The van der Waals surface area contributed by atoms with Crippen LogP contribution in [0.3, 0.4) is 0 Å². The highest BCUT2D eigenvalue weighted by atomic mass is 19.3. The van der Waals surface area contributed by atoms with Gasteiger partial charge in [-0.25, -0.2) is 8.78 Å². The zero-order chi connectivity index (χ0) is 14.1. The van der Waals surface area contributed by atoms with E-state index in [2.05, 4.69) is 0 Å². The molecule has 2 aliphatic carbocycles. The molecule has 0 radical (unpaired) electrons. The zero-order valence-corrected chi connectivity index (χ0v) is 10.7. The van der Waals surface area contributed by atoms with Crippen LogP contribution in [0, 0.1) is 11.8 Å². The van der Waals surface area contributed by atoms with Gasteiger partial charge >= 0.3 is 0 Å². The molecule has 0 N–H and O–H groups in total. The van der Waals surface area contributed by atoms with Gasteiger partial charge in [-0.15, -0.1) is 0 Å². The fraction of sp³-hybridized carbons (Fsp3) is 0.467. The van der Waals surface area contributed by atoms with Gasteiger partial charge in [0.15, 0.2) is 0 Å². The molecule has 3 nitrogen and oxygen atoms in total. The normalized spacial score (nSPS) is 33.9. The van der Waals surface area contributed by atoms with Gasteiger partial charge in [-0.3, -0.25) is 14.5 Å². The number of nitrogens with zero attached hydrogens (tertiary/aromatic N) is 1. The summed E-state index contributed by atoms with van der Waals surface area (Å²) in [7, 11) is 0. The van der Waals surface area contributed by atoms with E-state index in [9.17, 15) is 18.4 Å². The number of benzene rings is 1. The lowest BCUT2D eigenvalue weighted by Crippen LogP contribution is -2.45. The van der Waals surface area contributed by atoms with Crippen molar-refractivity contribution in [2.75, 3.05) is 0 Å². The maximum absolute atomic E-state index is 13.6. The van der Waals surface area contributed by atoms with E-state index in [4.69, 9.17) is 0 Å². The number of rotatable bonds is 1. The first-order valence-electron chi connectivity index (χ1n) is 6.84. The number of imide groups is 1. The van der Waals surface area contributed by atoms with E-state index in [-0.39, 0.29) is 36.6 Å². The van der Waals surface area contributed by atoms with Crippen molar-refractivity contribution in [3.05, 3.63) is 35.4 Å². The summed E-state index contributed by atoms with van der Waals surface area (Å²) in [5, 5.41) is 0. The number of hydrogen-bond donors (Lipinski definition) is 0. The minimum Gasteiger partial charge on any atom is -0.271 e. The quantitative estimate of drug-likeness (QED) is 0.740. The molecule has 0 saturated heterocycles. The Balaban J connectivity index is 1.67. The molecule has 1 aromatic rings. The van der Waals surface area contributed by atoms with Gasteiger partial charge in [0.05, 0.1) is 11.1 Å². The minimum atomic E-state index is -2.63. The van der Waals surface area contributed by atoms with Crippen molar-refractivity contribution in [1.29, 1.82) is 0 Å². The SMILES string of the molecule is O=C1c2ccccc2C(=O)N1[C@H]1C[C@H]2CC1CC2(F)F. The van der Waals surface area contributed by atoms with Gasteiger partial charge in [0.1, 0.15) is 0 Å². The molecular formula is C15H13F2NO2. The number of halogens is 2. The molecule has 3 atom stereocenters. The van der Waals surface area contributed by atoms with Crippen molar-refractivity contribution < 1.29 is 18.4 Å². The largest absolute Gasteiger partial charge is 0.271 e. The van der Waals surface area contributed by atoms with E-state index < -0.39 is 11.8 Å². The molecule has 3 aliphatic rings. The Morgan fingerprint density at radius 3 is 2.10 bits per heavy atom. The molecule has 4 rings (SSSR count). The third kappa shape index (κ3) is 1.38. The number of fused-ring (bicyclic) bond motifs is 3. The Morgan fingerprint density at radius 2 is 1.65 bits per heavy atom. The molecule has 1 aliphatic heterocycles. The van der Waals surface area contributed by atoms with E-state index in [1.54, 1.807) is 24.3 Å². The fourth-order valence-electron chi connectivity index (χ4n) is 4.01. The molecule has 0 spiro atoms. The van der Waals surface area contributed by atoms with Crippen LogP contribution in [-0.4, -0.2) is 28.7 Å². The second-order valence-electron chi connectivity index (χ2n) is 5.99. The second kappa shape index (κ2) is 3.65. The zero-order valence-electron chi connectivity index (χ0n) is 10.7. The second-order valence-corrected chi connectivity index (χ2v) is 5.99. The van der Waals surface area contributed by atoms with E-state index in [0.717, 1.165) is 0 Å². The molecule has 0 aromatic heterocycles. The highest BCUT2D eigenvalue weighted by Gasteiger charge is 2.60. The number of carbonyl (C=O) groups excluding carboxylic acids is 2. The van der Waals surface area contributed by atoms with Crippen molar-refractivity contribution in [1.82, 2.24) is 4.90 Å². The number of amides is 2. The third-order valence-corrected chi connectivity index (χ3v) is 4.95. The lowest BCUT2D eigenvalue weighted by atomic mass is 9.91. The van der Waals surface area contributed by atoms with Gasteiger partial charge in [-0.1, -0.05) is 12.1 Å². The average Bonchev–Trinajstić information content (AvgIpc) is 3.01. The molecule has 5 heteroatoms. The topological polar surface area (TPSA) is 37.4 Å². The molecule has 1 unspecified atom stereocenters. The average molecular weight is 277 g/mol. The Morgan fingerprint density at radius 1 is 1.05 bits per heavy atom. The van der Waals surface area contributed by atoms with Crippen LogP contribution in [-0.2, 0) is 0 Å². The Hall–Kier alpha value is -1.78. The van der Waals surface area contributed by atoms with Gasteiger partial charge in [-0.05, 0) is 30.9 Å². The van der Waals surface area contributed by atoms with E-state index in [0.29, 0.717) is 17.5 Å². The maximum atomic E-state index is 13.6. The van der Waals surface area contributed by atoms with E-state index >= 15 is 0 Å². The summed E-state index contributed by atoms with van der Waals surface area (Å²) in [5.41, 5.74) is 0.791. The number of hydrogen-bond acceptors (Lipinski definition) is 2. The summed E-state index contributed by atoms with van der Waals surface area (Å²) in [6.45, 7) is 0. The molecule has 20 heavy (non-hydrogen) atoms. The standard InChI is InChI=1S/C15H13F2NO2/c16-15(17)7-8-5-9(15)6-12(8)18-13(19)10-3-1-2-4-11(10)14(18)20/h1-4,8-9,12H,5-7H2/t8?,9-,12+/m1/s1. The van der Waals surface area contributed by atoms with Gasteiger partial charge in [0, 0.05) is 18.4 Å². The van der Waals surface area contributed by atoms with Crippen molar-refractivity contribution >= 4 is 11.8 Å². The van der Waals surface area contributed by atoms with Crippen molar-refractivity contribution in [3.63, 3.8) is 0 Å². The first kappa shape index (κ1) is 12.0. The van der Waals surface area contributed by atoms with Crippen LogP contribution in [0.25, 0.3) is 0 Å². The van der Waals surface area contributed by atoms with Crippen molar-refractivity contribution in [2.45, 2.75) is 31.2 Å². The van der Waals surface area contributed by atoms with Gasteiger partial charge in [-0.2, -0.15) is 0 Å². The lowest BCUT2D eigenvalue weighted by molar-refractivity contribution is -0.0627. The Kier molecular flexibility index (Phi) is 2.19. The highest BCUT2D eigenvalue weighted by Crippen LogP contribution is 2.55. The van der Waals surface area contributed by atoms with E-state index in [1.807, 2.05) is 0 Å². The Bertz CT molecular complexity index is 593. The smallest absolute Gasteiger partial charge is 0.261 e. The van der Waals surface area contributed by atoms with Crippen molar-refractivity contribution in [2.24, 2.45) is 11.8 Å². The summed E-state index contributed by atoms with van der Waals surface area (Å²) in [4.78, 5) is 25.9. The monoisotopic (exact) mass is 277 g/mol. The van der Waals surface area contributed by atoms with Crippen LogP contribution < -0.4 is 0 Å². The van der Waals surface area contributed by atoms with Gasteiger partial charge < -0.3 is 0 Å². The highest BCUT2D eigenvalue weighted by molar-refractivity contribution is 6.21. The summed E-state index contributed by atoms with van der Waals surface area (Å²) in [6, 6.07) is 6.31. The van der Waals surface area contributed by atoms with Crippen molar-refractivity contribution in [3.8, 4) is 0 Å². The van der Waals surface area contributed by atoms with Gasteiger partial charge in [0.2, 0.25) is 0 Å². The summed E-state index contributed by atoms with van der Waals surface area (Å²) in [5.74, 6) is -4.21. The third-order valence-electron chi connectivity index (χ3n) is 4.95. The van der Waals surface area contributed by atoms with Crippen LogP contribution in [0.2, 0.25) is 0 Å². The van der Waals surface area contributed by atoms with Crippen LogP contribution >= 0.6 is 0 Å². The first-order chi connectivity index (χ1) is 9.49. The molecule has 2 amide bonds. The molecule has 1 aromatic carbocycles. The van der Waals surface area contributed by atoms with Crippen LogP contribution in [0.15, 0.2) is 24.3 Å². The fourth-order valence-corrected chi connectivity index (χ4v) is 4.01. The first-order valence-corrected chi connectivity index (χ1v) is 6.84.